The number of hydrogen-bond acceptors (Lipinski definition) is 7. The van der Waals surface area contributed by atoms with Crippen LogP contribution in [0.15, 0.2) is 29.2 Å². The number of anilines is 1. The Labute approximate surface area is 185 Å². The van der Waals surface area contributed by atoms with Gasteiger partial charge in [0.2, 0.25) is 10.0 Å². The molecule has 1 saturated heterocycles. The van der Waals surface area contributed by atoms with E-state index in [4.69, 9.17) is 9.47 Å². The summed E-state index contributed by atoms with van der Waals surface area (Å²) in [6.45, 7) is 2.56. The molecule has 1 fully saturated rings. The van der Waals surface area contributed by atoms with E-state index in [1.54, 1.807) is 19.1 Å². The van der Waals surface area contributed by atoms with Crippen molar-refractivity contribution in [3.8, 4) is 0 Å². The first-order valence-corrected chi connectivity index (χ1v) is 12.4. The number of aryl methyl sites for hydroxylation is 3. The summed E-state index contributed by atoms with van der Waals surface area (Å²) < 4.78 is 37.7. The van der Waals surface area contributed by atoms with E-state index >= 15 is 0 Å². The van der Waals surface area contributed by atoms with Gasteiger partial charge in [-0.05, 0) is 55.5 Å². The highest BCUT2D eigenvalue weighted by molar-refractivity contribution is 7.89. The molecule has 1 N–H and O–H groups in total. The average molecular weight is 465 g/mol. The number of ether oxygens (including phenoxy) is 2. The highest BCUT2D eigenvalue weighted by Gasteiger charge is 2.28. The Balaban J connectivity index is 1.39. The standard InChI is InChI=1S/C21H24N2O6S2/c1-14-5-6-16(12-19(14)31(26,27)23-7-9-28-10-8-23)22-20(24)13-29-21(25)18-11-15-3-2-4-17(15)30-18/h5-6,11-12H,2-4,7-10,13H2,1H3,(H,22,24). The molecule has 4 rings (SSSR count). The third-order valence-corrected chi connectivity index (χ3v) is 8.60. The number of morpholine rings is 1. The Kier molecular flexibility index (Phi) is 6.42. The molecule has 0 saturated carbocycles. The molecule has 166 valence electrons. The molecular weight excluding hydrogens is 440 g/mol. The molecule has 2 aromatic rings. The van der Waals surface area contributed by atoms with Gasteiger partial charge in [0.05, 0.1) is 18.1 Å². The topological polar surface area (TPSA) is 102 Å². The molecular formula is C21H24N2O6S2. The SMILES string of the molecule is Cc1ccc(NC(=O)COC(=O)c2cc3c(s2)CCC3)cc1S(=O)(=O)N1CCOCC1. The minimum absolute atomic E-state index is 0.136. The molecule has 1 aromatic carbocycles. The van der Waals surface area contributed by atoms with Crippen LogP contribution in [-0.2, 0) is 37.1 Å². The molecule has 2 heterocycles. The number of nitrogens with one attached hydrogen (secondary N) is 1. The third kappa shape index (κ3) is 4.82. The van der Waals surface area contributed by atoms with Crippen molar-refractivity contribution in [2.24, 2.45) is 0 Å². The third-order valence-electron chi connectivity index (χ3n) is 5.34. The first-order chi connectivity index (χ1) is 14.8. The van der Waals surface area contributed by atoms with Gasteiger partial charge < -0.3 is 14.8 Å². The lowest BCUT2D eigenvalue weighted by Gasteiger charge is -2.26. The van der Waals surface area contributed by atoms with Crippen molar-refractivity contribution in [3.63, 3.8) is 0 Å². The van der Waals surface area contributed by atoms with Crippen LogP contribution in [0.3, 0.4) is 0 Å². The van der Waals surface area contributed by atoms with Crippen molar-refractivity contribution < 1.29 is 27.5 Å². The number of sulfonamides is 1. The molecule has 2 aliphatic rings. The van der Waals surface area contributed by atoms with E-state index in [1.807, 2.05) is 6.07 Å². The highest BCUT2D eigenvalue weighted by Crippen LogP contribution is 2.31. The van der Waals surface area contributed by atoms with Crippen LogP contribution < -0.4 is 5.32 Å². The first kappa shape index (κ1) is 21.9. The van der Waals surface area contributed by atoms with E-state index in [-0.39, 0.29) is 4.90 Å². The van der Waals surface area contributed by atoms with Gasteiger partial charge in [0.25, 0.3) is 5.91 Å². The maximum atomic E-state index is 13.0. The van der Waals surface area contributed by atoms with Gasteiger partial charge in [0, 0.05) is 23.7 Å². The molecule has 1 aromatic heterocycles. The average Bonchev–Trinajstić information content (AvgIpc) is 3.36. The Morgan fingerprint density at radius 3 is 2.71 bits per heavy atom. The van der Waals surface area contributed by atoms with Crippen molar-refractivity contribution in [1.82, 2.24) is 4.31 Å². The van der Waals surface area contributed by atoms with Gasteiger partial charge in [-0.1, -0.05) is 6.07 Å². The molecule has 0 atom stereocenters. The van der Waals surface area contributed by atoms with E-state index in [0.29, 0.717) is 42.4 Å². The van der Waals surface area contributed by atoms with Crippen LogP contribution >= 0.6 is 11.3 Å². The zero-order valence-electron chi connectivity index (χ0n) is 17.2. The predicted molar refractivity (Wildman–Crippen MR) is 116 cm³/mol. The zero-order chi connectivity index (χ0) is 22.0. The second-order valence-electron chi connectivity index (χ2n) is 7.53. The van der Waals surface area contributed by atoms with Crippen molar-refractivity contribution in [3.05, 3.63) is 45.1 Å². The second-order valence-corrected chi connectivity index (χ2v) is 10.6. The summed E-state index contributed by atoms with van der Waals surface area (Å²) in [4.78, 5) is 26.4. The molecule has 1 amide bonds. The monoisotopic (exact) mass is 464 g/mol. The van der Waals surface area contributed by atoms with Crippen LogP contribution in [0.25, 0.3) is 0 Å². The number of nitrogens with zero attached hydrogens (tertiary/aromatic N) is 1. The summed E-state index contributed by atoms with van der Waals surface area (Å²) in [5.41, 5.74) is 2.10. The van der Waals surface area contributed by atoms with Crippen LogP contribution in [0.2, 0.25) is 0 Å². The quantitative estimate of drug-likeness (QED) is 0.659. The van der Waals surface area contributed by atoms with Crippen LogP contribution in [0.5, 0.6) is 0 Å². The zero-order valence-corrected chi connectivity index (χ0v) is 18.8. The summed E-state index contributed by atoms with van der Waals surface area (Å²) in [6, 6.07) is 6.54. The molecule has 1 aliphatic carbocycles. The number of fused-ring (bicyclic) bond motifs is 1. The number of esters is 1. The highest BCUT2D eigenvalue weighted by atomic mass is 32.2. The van der Waals surface area contributed by atoms with Crippen molar-refractivity contribution >= 4 is 38.9 Å². The van der Waals surface area contributed by atoms with Gasteiger partial charge in [-0.2, -0.15) is 4.31 Å². The largest absolute Gasteiger partial charge is 0.451 e. The fourth-order valence-corrected chi connectivity index (χ4v) is 6.52. The lowest BCUT2D eigenvalue weighted by molar-refractivity contribution is -0.119. The number of benzene rings is 1. The van der Waals surface area contributed by atoms with Gasteiger partial charge in [0.15, 0.2) is 6.61 Å². The maximum Gasteiger partial charge on any atom is 0.348 e. The summed E-state index contributed by atoms with van der Waals surface area (Å²) in [5, 5.41) is 2.61. The normalized spacial score (nSPS) is 16.7. The van der Waals surface area contributed by atoms with Gasteiger partial charge in [-0.3, -0.25) is 4.79 Å². The minimum Gasteiger partial charge on any atom is -0.451 e. The lowest BCUT2D eigenvalue weighted by atomic mass is 10.2. The van der Waals surface area contributed by atoms with Gasteiger partial charge >= 0.3 is 5.97 Å². The van der Waals surface area contributed by atoms with Crippen LogP contribution in [-0.4, -0.2) is 57.5 Å². The Bertz CT molecular complexity index is 1080. The van der Waals surface area contributed by atoms with Crippen LogP contribution in [0.1, 0.15) is 32.1 Å². The van der Waals surface area contributed by atoms with Crippen molar-refractivity contribution in [1.29, 1.82) is 0 Å². The molecule has 10 heteroatoms. The van der Waals surface area contributed by atoms with Gasteiger partial charge in [-0.25, -0.2) is 13.2 Å². The fourth-order valence-electron chi connectivity index (χ4n) is 3.71. The number of rotatable bonds is 6. The predicted octanol–water partition coefficient (Wildman–Crippen LogP) is 2.36. The molecule has 31 heavy (non-hydrogen) atoms. The Morgan fingerprint density at radius 1 is 1.19 bits per heavy atom. The van der Waals surface area contributed by atoms with Crippen molar-refractivity contribution in [2.45, 2.75) is 31.1 Å². The summed E-state index contributed by atoms with van der Waals surface area (Å²) in [6.07, 6.45) is 3.07. The first-order valence-electron chi connectivity index (χ1n) is 10.1. The van der Waals surface area contributed by atoms with Crippen LogP contribution in [0, 0.1) is 6.92 Å². The van der Waals surface area contributed by atoms with Crippen LogP contribution in [0.4, 0.5) is 5.69 Å². The van der Waals surface area contributed by atoms with E-state index in [0.717, 1.165) is 19.3 Å². The number of thiophene rings is 1. The number of carbonyl (C=O) groups is 2. The molecule has 0 unspecified atom stereocenters. The fraction of sp³-hybridized carbons (Fsp3) is 0.429. The second kappa shape index (κ2) is 9.07. The minimum atomic E-state index is -3.69. The summed E-state index contributed by atoms with van der Waals surface area (Å²) >= 11 is 1.42. The van der Waals surface area contributed by atoms with Gasteiger partial charge in [-0.15, -0.1) is 11.3 Å². The van der Waals surface area contributed by atoms with E-state index in [9.17, 15) is 18.0 Å². The summed E-state index contributed by atoms with van der Waals surface area (Å²) in [5.74, 6) is -1.05. The van der Waals surface area contributed by atoms with Gasteiger partial charge in [0.1, 0.15) is 4.88 Å². The smallest absolute Gasteiger partial charge is 0.348 e. The molecule has 0 radical (unpaired) electrons. The Hall–Kier alpha value is -2.27. The molecule has 1 aliphatic heterocycles. The summed E-state index contributed by atoms with van der Waals surface area (Å²) in [7, 11) is -3.69. The maximum absolute atomic E-state index is 13.0. The Morgan fingerprint density at radius 2 is 1.97 bits per heavy atom. The molecule has 0 spiro atoms. The van der Waals surface area contributed by atoms with Crippen molar-refractivity contribution in [2.75, 3.05) is 38.2 Å². The number of carbonyl (C=O) groups excluding carboxylic acids is 2. The number of hydrogen-bond donors (Lipinski definition) is 1. The van der Waals surface area contributed by atoms with E-state index < -0.39 is 28.5 Å². The van der Waals surface area contributed by atoms with E-state index in [2.05, 4.69) is 5.32 Å². The molecule has 0 bridgehead atoms. The molecule has 8 nitrogen and oxygen atoms in total. The number of amides is 1. The van der Waals surface area contributed by atoms with E-state index in [1.165, 1.54) is 32.1 Å². The lowest BCUT2D eigenvalue weighted by Crippen LogP contribution is -2.40.